The van der Waals surface area contributed by atoms with Crippen LogP contribution in [0.2, 0.25) is 0 Å². The van der Waals surface area contributed by atoms with Gasteiger partial charge in [0.1, 0.15) is 0 Å². The fraction of sp³-hybridized carbons (Fsp3) is 0. The first-order valence-corrected chi connectivity index (χ1v) is 4.95. The second-order valence-electron chi connectivity index (χ2n) is 3.20. The predicted octanol–water partition coefficient (Wildman–Crippen LogP) is -0.482. The maximum absolute atomic E-state index is 10.5. The van der Waals surface area contributed by atoms with Crippen molar-refractivity contribution in [2.45, 2.75) is 0 Å². The van der Waals surface area contributed by atoms with Crippen LogP contribution in [0.25, 0.3) is 10.9 Å². The number of aromatic nitrogens is 1. The summed E-state index contributed by atoms with van der Waals surface area (Å²) in [6.45, 7) is 2.90. The van der Waals surface area contributed by atoms with Gasteiger partial charge in [-0.3, -0.25) is 0 Å². The third-order valence-corrected chi connectivity index (χ3v) is 1.97. The normalized spacial score (nSPS) is 8.63. The molecule has 0 aliphatic carbocycles. The van der Waals surface area contributed by atoms with Gasteiger partial charge in [-0.15, -0.1) is 0 Å². The van der Waals surface area contributed by atoms with Crippen molar-refractivity contribution in [3.8, 4) is 0 Å². The summed E-state index contributed by atoms with van der Waals surface area (Å²) in [6.07, 6.45) is 0.722. The number of hydrogen-bond donors (Lipinski definition) is 0. The van der Waals surface area contributed by atoms with E-state index >= 15 is 0 Å². The number of benzene rings is 1. The topological polar surface area (TPSA) is 93.1 Å². The Balaban J connectivity index is 0.000000471. The fourth-order valence-corrected chi connectivity index (χ4v) is 1.18. The quantitative estimate of drug-likeness (QED) is 0.552. The molecular weight excluding hydrogens is 298 g/mol. The van der Waals surface area contributed by atoms with Crippen molar-refractivity contribution in [2.75, 3.05) is 0 Å². The summed E-state index contributed by atoms with van der Waals surface area (Å²) in [5, 5.41) is 20.5. The van der Waals surface area contributed by atoms with Gasteiger partial charge in [0.15, 0.2) is 0 Å². The van der Waals surface area contributed by atoms with Gasteiger partial charge in [0.25, 0.3) is 0 Å². The molecule has 19 heavy (non-hydrogen) atoms. The van der Waals surface area contributed by atoms with Crippen LogP contribution in [0.4, 0.5) is 0 Å². The van der Waals surface area contributed by atoms with Crippen LogP contribution in [0.5, 0.6) is 0 Å². The van der Waals surface area contributed by atoms with Gasteiger partial charge in [-0.1, -0.05) is 30.8 Å². The van der Waals surface area contributed by atoms with Crippen LogP contribution in [-0.2, 0) is 21.9 Å². The monoisotopic (exact) mass is 306 g/mol. The summed E-state index contributed by atoms with van der Waals surface area (Å²) < 4.78 is 0. The summed E-state index contributed by atoms with van der Waals surface area (Å²) in [7, 11) is 0. The molecule has 1 aromatic heterocycles. The van der Waals surface area contributed by atoms with E-state index in [9.17, 15) is 9.90 Å². The molecular formula is C13H9CuNO4-. The van der Waals surface area contributed by atoms with Crippen LogP contribution in [0.1, 0.15) is 10.5 Å². The first kappa shape index (κ1) is 16.8. The Morgan fingerprint density at radius 1 is 1.11 bits per heavy atom. The smallest absolute Gasteiger partial charge is 0.545 e. The first-order valence-electron chi connectivity index (χ1n) is 4.95. The molecule has 0 atom stereocenters. The third-order valence-electron chi connectivity index (χ3n) is 1.97. The SMILES string of the molecule is C=CC(=O)[O-].O=C([O-])c1ccc2ccccc2n1.[Cu+]. The van der Waals surface area contributed by atoms with Gasteiger partial charge in [-0.2, -0.15) is 0 Å². The van der Waals surface area contributed by atoms with E-state index in [0.29, 0.717) is 5.52 Å². The molecule has 1 aromatic carbocycles. The Bertz CT molecular complexity index is 598. The minimum atomic E-state index is -1.24. The second-order valence-corrected chi connectivity index (χ2v) is 3.20. The van der Waals surface area contributed by atoms with E-state index in [1.807, 2.05) is 18.2 Å². The van der Waals surface area contributed by atoms with E-state index in [4.69, 9.17) is 9.90 Å². The Labute approximate surface area is 120 Å². The number of aromatic carboxylic acids is 1. The van der Waals surface area contributed by atoms with Crippen molar-refractivity contribution in [2.24, 2.45) is 0 Å². The molecule has 0 fully saturated rings. The molecule has 0 spiro atoms. The molecule has 2 rings (SSSR count). The number of fused-ring (bicyclic) bond motifs is 1. The molecule has 0 saturated carbocycles. The number of aliphatic carboxylic acids is 1. The molecule has 0 bridgehead atoms. The van der Waals surface area contributed by atoms with Gasteiger partial charge >= 0.3 is 17.1 Å². The number of carbonyl (C=O) groups excluding carboxylic acids is 2. The summed E-state index contributed by atoms with van der Waals surface area (Å²) in [5.74, 6) is -2.48. The summed E-state index contributed by atoms with van der Waals surface area (Å²) in [5.41, 5.74) is 0.642. The van der Waals surface area contributed by atoms with E-state index in [2.05, 4.69) is 11.6 Å². The standard InChI is InChI=1S/C10H7NO2.C3H4O2.Cu/c12-10(13)9-6-5-7-3-1-2-4-8(7)11-9;1-2-3(4)5;/h1-6H,(H,12,13);2H,1H2,(H,4,5);/q;;+1/p-2. The van der Waals surface area contributed by atoms with E-state index in [0.717, 1.165) is 11.5 Å². The number of carbonyl (C=O) groups is 2. The number of carboxylic acid groups (broad SMARTS) is 2. The zero-order valence-electron chi connectivity index (χ0n) is 9.63. The maximum atomic E-state index is 10.5. The number of nitrogens with zero attached hydrogens (tertiary/aromatic N) is 1. The molecule has 0 saturated heterocycles. The van der Waals surface area contributed by atoms with Crippen LogP contribution in [0.15, 0.2) is 49.1 Å². The first-order chi connectivity index (χ1) is 8.54. The van der Waals surface area contributed by atoms with Gasteiger partial charge in [-0.05, 0) is 18.2 Å². The molecule has 0 unspecified atom stereocenters. The number of pyridine rings is 1. The van der Waals surface area contributed by atoms with E-state index in [-0.39, 0.29) is 22.8 Å². The van der Waals surface area contributed by atoms with E-state index in [1.54, 1.807) is 12.1 Å². The number of carboxylic acids is 2. The van der Waals surface area contributed by atoms with Crippen LogP contribution in [0.3, 0.4) is 0 Å². The van der Waals surface area contributed by atoms with Gasteiger partial charge in [0.05, 0.1) is 23.1 Å². The average molecular weight is 307 g/mol. The van der Waals surface area contributed by atoms with Gasteiger partial charge in [0, 0.05) is 5.39 Å². The largest absolute Gasteiger partial charge is 1.00 e. The fourth-order valence-electron chi connectivity index (χ4n) is 1.18. The van der Waals surface area contributed by atoms with E-state index < -0.39 is 11.9 Å². The number of hydrogen-bond acceptors (Lipinski definition) is 5. The Morgan fingerprint density at radius 2 is 1.68 bits per heavy atom. The van der Waals surface area contributed by atoms with Gasteiger partial charge in [-0.25, -0.2) is 4.98 Å². The zero-order chi connectivity index (χ0) is 13.5. The maximum Gasteiger partial charge on any atom is 1.00 e. The van der Waals surface area contributed by atoms with Gasteiger partial charge < -0.3 is 19.8 Å². The van der Waals surface area contributed by atoms with Crippen molar-refractivity contribution in [3.05, 3.63) is 54.7 Å². The Hall–Kier alpha value is -2.17. The van der Waals surface area contributed by atoms with Gasteiger partial charge in [0.2, 0.25) is 0 Å². The number of para-hydroxylation sites is 1. The summed E-state index contributed by atoms with van der Waals surface area (Å²) in [4.78, 5) is 23.5. The van der Waals surface area contributed by atoms with Crippen molar-refractivity contribution in [1.82, 2.24) is 4.98 Å². The molecule has 2 aromatic rings. The van der Waals surface area contributed by atoms with E-state index in [1.165, 1.54) is 6.07 Å². The molecule has 5 nitrogen and oxygen atoms in total. The minimum Gasteiger partial charge on any atom is -0.545 e. The van der Waals surface area contributed by atoms with Crippen LogP contribution >= 0.6 is 0 Å². The molecule has 0 N–H and O–H groups in total. The van der Waals surface area contributed by atoms with Crippen molar-refractivity contribution < 1.29 is 36.9 Å². The average Bonchev–Trinajstić information content (AvgIpc) is 2.38. The molecule has 0 amide bonds. The summed E-state index contributed by atoms with van der Waals surface area (Å²) >= 11 is 0. The van der Waals surface area contributed by atoms with Crippen LogP contribution in [0, 0.1) is 0 Å². The van der Waals surface area contributed by atoms with Crippen LogP contribution < -0.4 is 10.2 Å². The predicted molar refractivity (Wildman–Crippen MR) is 61.3 cm³/mol. The molecule has 1 heterocycles. The van der Waals surface area contributed by atoms with Crippen molar-refractivity contribution in [1.29, 1.82) is 0 Å². The minimum absolute atomic E-state index is 0. The second kappa shape index (κ2) is 8.02. The van der Waals surface area contributed by atoms with Crippen molar-refractivity contribution in [3.63, 3.8) is 0 Å². The molecule has 0 aliphatic rings. The number of rotatable bonds is 2. The molecule has 0 aliphatic heterocycles. The summed E-state index contributed by atoms with van der Waals surface area (Å²) in [6, 6.07) is 10.5. The van der Waals surface area contributed by atoms with Crippen LogP contribution in [-0.4, -0.2) is 16.9 Å². The third kappa shape index (κ3) is 5.33. The molecule has 0 radical (unpaired) electrons. The molecule has 102 valence electrons. The van der Waals surface area contributed by atoms with Crippen molar-refractivity contribution >= 4 is 22.8 Å². The molecule has 6 heteroatoms. The Kier molecular flexibility index (Phi) is 7.11. The zero-order valence-corrected chi connectivity index (χ0v) is 10.6. The Morgan fingerprint density at radius 3 is 2.21 bits per heavy atom.